The Morgan fingerprint density at radius 3 is 2.00 bits per heavy atom. The van der Waals surface area contributed by atoms with Gasteiger partial charge in [-0.2, -0.15) is 0 Å². The van der Waals surface area contributed by atoms with Gasteiger partial charge in [-0.1, -0.05) is 84.0 Å². The Balaban J connectivity index is 1.65. The minimum Gasteiger partial charge on any atom is -0.312 e. The minimum atomic E-state index is -0.544. The zero-order valence-electron chi connectivity index (χ0n) is 14.4. The van der Waals surface area contributed by atoms with Crippen molar-refractivity contribution in [3.8, 4) is 0 Å². The predicted octanol–water partition coefficient (Wildman–Crippen LogP) is 4.84. The molecule has 4 nitrogen and oxygen atoms in total. The van der Waals surface area contributed by atoms with Crippen LogP contribution in [-0.2, 0) is 4.84 Å². The van der Waals surface area contributed by atoms with E-state index in [0.29, 0.717) is 11.3 Å². The van der Waals surface area contributed by atoms with Crippen LogP contribution in [0, 0.1) is 0 Å². The van der Waals surface area contributed by atoms with Gasteiger partial charge in [-0.3, -0.25) is 4.98 Å². The molecule has 0 aliphatic heterocycles. The highest BCUT2D eigenvalue weighted by Crippen LogP contribution is 2.15. The first-order chi connectivity index (χ1) is 13.3. The number of oxime groups is 1. The van der Waals surface area contributed by atoms with Crippen LogP contribution in [0.5, 0.6) is 0 Å². The number of pyridine rings is 1. The molecule has 1 heterocycles. The van der Waals surface area contributed by atoms with Gasteiger partial charge in [0.15, 0.2) is 0 Å². The van der Waals surface area contributed by atoms with E-state index in [4.69, 9.17) is 4.84 Å². The standard InChI is InChI=1S/C23H16N2O2/c26-23(20-15-19-13-7-8-14-21(19)24-16-20)27-25-22(17-9-3-1-4-10-17)18-11-5-2-6-12-18/h1-16H. The summed E-state index contributed by atoms with van der Waals surface area (Å²) in [6, 6.07) is 28.6. The summed E-state index contributed by atoms with van der Waals surface area (Å²) in [6.45, 7) is 0. The van der Waals surface area contributed by atoms with Gasteiger partial charge < -0.3 is 4.84 Å². The number of fused-ring (bicyclic) bond motifs is 1. The molecule has 0 aliphatic rings. The molecular weight excluding hydrogens is 336 g/mol. The van der Waals surface area contributed by atoms with E-state index in [2.05, 4.69) is 10.1 Å². The van der Waals surface area contributed by atoms with Crippen LogP contribution in [0.2, 0.25) is 0 Å². The molecule has 0 atom stereocenters. The zero-order valence-corrected chi connectivity index (χ0v) is 14.4. The second-order valence-electron chi connectivity index (χ2n) is 5.97. The SMILES string of the molecule is O=C(ON=C(c1ccccc1)c1ccccc1)c1cnc2ccccc2c1. The lowest BCUT2D eigenvalue weighted by Gasteiger charge is -2.07. The topological polar surface area (TPSA) is 51.5 Å². The molecular formula is C23H16N2O2. The second kappa shape index (κ2) is 7.62. The molecule has 0 bridgehead atoms. The first kappa shape index (κ1) is 16.7. The van der Waals surface area contributed by atoms with E-state index in [1.54, 1.807) is 6.07 Å². The normalized spacial score (nSPS) is 10.4. The van der Waals surface area contributed by atoms with Crippen molar-refractivity contribution in [1.82, 2.24) is 4.98 Å². The van der Waals surface area contributed by atoms with Crippen molar-refractivity contribution in [3.05, 3.63) is 114 Å². The van der Waals surface area contributed by atoms with Gasteiger partial charge in [-0.05, 0) is 12.1 Å². The molecule has 4 heteroatoms. The van der Waals surface area contributed by atoms with Crippen LogP contribution in [0.25, 0.3) is 10.9 Å². The molecule has 4 rings (SSSR count). The lowest BCUT2D eigenvalue weighted by Crippen LogP contribution is -2.08. The number of aromatic nitrogens is 1. The third-order valence-corrected chi connectivity index (χ3v) is 4.14. The van der Waals surface area contributed by atoms with Gasteiger partial charge in [0.2, 0.25) is 0 Å². The first-order valence-electron chi connectivity index (χ1n) is 8.56. The maximum atomic E-state index is 12.5. The van der Waals surface area contributed by atoms with Crippen molar-refractivity contribution in [2.24, 2.45) is 5.16 Å². The summed E-state index contributed by atoms with van der Waals surface area (Å²) in [5.74, 6) is -0.544. The molecule has 3 aromatic carbocycles. The van der Waals surface area contributed by atoms with Crippen molar-refractivity contribution in [3.63, 3.8) is 0 Å². The molecule has 0 unspecified atom stereocenters. The fraction of sp³-hybridized carbons (Fsp3) is 0. The quantitative estimate of drug-likeness (QED) is 0.300. The maximum absolute atomic E-state index is 12.5. The molecule has 130 valence electrons. The first-order valence-corrected chi connectivity index (χ1v) is 8.56. The zero-order chi connectivity index (χ0) is 18.5. The van der Waals surface area contributed by atoms with Crippen LogP contribution >= 0.6 is 0 Å². The number of benzene rings is 3. The number of carbonyl (C=O) groups excluding carboxylic acids is 1. The van der Waals surface area contributed by atoms with Crippen LogP contribution < -0.4 is 0 Å². The Labute approximate surface area is 156 Å². The lowest BCUT2D eigenvalue weighted by atomic mass is 10.0. The van der Waals surface area contributed by atoms with E-state index < -0.39 is 5.97 Å². The Morgan fingerprint density at radius 2 is 1.33 bits per heavy atom. The van der Waals surface area contributed by atoms with Gasteiger partial charge in [0, 0.05) is 22.7 Å². The van der Waals surface area contributed by atoms with Gasteiger partial charge in [0.05, 0.1) is 11.1 Å². The molecule has 0 N–H and O–H groups in total. The van der Waals surface area contributed by atoms with Crippen molar-refractivity contribution in [2.45, 2.75) is 0 Å². The van der Waals surface area contributed by atoms with Crippen molar-refractivity contribution in [2.75, 3.05) is 0 Å². The van der Waals surface area contributed by atoms with E-state index in [-0.39, 0.29) is 0 Å². The summed E-state index contributed by atoms with van der Waals surface area (Å²) < 4.78 is 0. The van der Waals surface area contributed by atoms with Gasteiger partial charge in [0.25, 0.3) is 0 Å². The molecule has 0 saturated carbocycles. The largest absolute Gasteiger partial charge is 0.367 e. The van der Waals surface area contributed by atoms with Crippen LogP contribution in [0.1, 0.15) is 21.5 Å². The van der Waals surface area contributed by atoms with Gasteiger partial charge in [-0.15, -0.1) is 0 Å². The molecule has 0 radical (unpaired) electrons. The summed E-state index contributed by atoms with van der Waals surface area (Å²) in [5, 5.41) is 5.04. The smallest absolute Gasteiger partial charge is 0.312 e. The van der Waals surface area contributed by atoms with Crippen molar-refractivity contribution in [1.29, 1.82) is 0 Å². The number of hydrogen-bond donors (Lipinski definition) is 0. The minimum absolute atomic E-state index is 0.359. The summed E-state index contributed by atoms with van der Waals surface area (Å²) >= 11 is 0. The predicted molar refractivity (Wildman–Crippen MR) is 106 cm³/mol. The van der Waals surface area contributed by atoms with Crippen LogP contribution in [-0.4, -0.2) is 16.7 Å². The highest BCUT2D eigenvalue weighted by Gasteiger charge is 2.12. The molecule has 0 fully saturated rings. The Morgan fingerprint density at radius 1 is 0.741 bits per heavy atom. The van der Waals surface area contributed by atoms with E-state index >= 15 is 0 Å². The maximum Gasteiger partial charge on any atom is 0.367 e. The Kier molecular flexibility index (Phi) is 4.70. The average molecular weight is 352 g/mol. The Hall–Kier alpha value is -3.79. The number of carbonyl (C=O) groups is 1. The summed E-state index contributed by atoms with van der Waals surface area (Å²) in [6.07, 6.45) is 1.50. The fourth-order valence-corrected chi connectivity index (χ4v) is 2.79. The average Bonchev–Trinajstić information content (AvgIpc) is 2.75. The van der Waals surface area contributed by atoms with Gasteiger partial charge >= 0.3 is 5.97 Å². The number of hydrogen-bond acceptors (Lipinski definition) is 4. The molecule has 1 aromatic heterocycles. The molecule has 0 saturated heterocycles. The second-order valence-corrected chi connectivity index (χ2v) is 5.97. The van der Waals surface area contributed by atoms with E-state index in [9.17, 15) is 4.79 Å². The monoisotopic (exact) mass is 352 g/mol. The fourth-order valence-electron chi connectivity index (χ4n) is 2.79. The van der Waals surface area contributed by atoms with E-state index in [0.717, 1.165) is 22.0 Å². The summed E-state index contributed by atoms with van der Waals surface area (Å²) in [7, 11) is 0. The summed E-state index contributed by atoms with van der Waals surface area (Å²) in [4.78, 5) is 22.0. The molecule has 0 spiro atoms. The van der Waals surface area contributed by atoms with Gasteiger partial charge in [0.1, 0.15) is 5.71 Å². The molecule has 27 heavy (non-hydrogen) atoms. The Bertz CT molecular complexity index is 1070. The third-order valence-electron chi connectivity index (χ3n) is 4.14. The molecule has 0 aliphatic carbocycles. The van der Waals surface area contributed by atoms with Crippen LogP contribution in [0.15, 0.2) is 102 Å². The summed E-state index contributed by atoms with van der Waals surface area (Å²) in [5.41, 5.74) is 3.52. The van der Waals surface area contributed by atoms with Gasteiger partial charge in [-0.25, -0.2) is 4.79 Å². The molecule has 4 aromatic rings. The highest BCUT2D eigenvalue weighted by atomic mass is 16.7. The number of rotatable bonds is 4. The highest BCUT2D eigenvalue weighted by molar-refractivity contribution is 6.12. The number of nitrogens with zero attached hydrogens (tertiary/aromatic N) is 2. The van der Waals surface area contributed by atoms with Crippen LogP contribution in [0.3, 0.4) is 0 Å². The lowest BCUT2D eigenvalue weighted by molar-refractivity contribution is 0.0517. The molecule has 0 amide bonds. The van der Waals surface area contributed by atoms with Crippen LogP contribution in [0.4, 0.5) is 0 Å². The van der Waals surface area contributed by atoms with E-state index in [1.807, 2.05) is 84.9 Å². The third kappa shape index (κ3) is 3.75. The van der Waals surface area contributed by atoms with Crippen molar-refractivity contribution >= 4 is 22.6 Å². The number of para-hydroxylation sites is 1. The van der Waals surface area contributed by atoms with Crippen molar-refractivity contribution < 1.29 is 9.63 Å². The van der Waals surface area contributed by atoms with E-state index in [1.165, 1.54) is 6.20 Å².